The van der Waals surface area contributed by atoms with E-state index in [9.17, 15) is 9.59 Å². The molecule has 0 unspecified atom stereocenters. The summed E-state index contributed by atoms with van der Waals surface area (Å²) < 4.78 is 4.41. The van der Waals surface area contributed by atoms with Gasteiger partial charge in [-0.05, 0) is 0 Å². The van der Waals surface area contributed by atoms with Gasteiger partial charge < -0.3 is 20.3 Å². The third kappa shape index (κ3) is 1.51. The van der Waals surface area contributed by atoms with Crippen molar-refractivity contribution in [2.24, 2.45) is 0 Å². The van der Waals surface area contributed by atoms with Crippen molar-refractivity contribution in [3.05, 3.63) is 11.5 Å². The van der Waals surface area contributed by atoms with E-state index in [4.69, 9.17) is 10.8 Å². The maximum absolute atomic E-state index is 11.3. The quantitative estimate of drug-likeness (QED) is 0.674. The van der Waals surface area contributed by atoms with Gasteiger partial charge in [0.2, 0.25) is 0 Å². The Balaban J connectivity index is 3.13. The van der Waals surface area contributed by atoms with Crippen LogP contribution in [0.1, 0.15) is 21.0 Å². The summed E-state index contributed by atoms with van der Waals surface area (Å²) in [7, 11) is 2.99. The molecule has 1 heterocycles. The van der Waals surface area contributed by atoms with Gasteiger partial charge in [0.05, 0.1) is 0 Å². The number of carbonyl (C=O) groups is 2. The molecule has 1 rings (SSSR count). The molecule has 0 fully saturated rings. The number of aromatic carboxylic acids is 1. The van der Waals surface area contributed by atoms with E-state index in [1.54, 1.807) is 0 Å². The first-order chi connectivity index (χ1) is 6.45. The van der Waals surface area contributed by atoms with Crippen LogP contribution in [0.3, 0.4) is 0 Å². The van der Waals surface area contributed by atoms with Gasteiger partial charge in [0.15, 0.2) is 5.69 Å². The van der Waals surface area contributed by atoms with Gasteiger partial charge in [-0.2, -0.15) is 0 Å². The number of anilines is 1. The molecule has 0 saturated heterocycles. The van der Waals surface area contributed by atoms with Crippen LogP contribution in [0.4, 0.5) is 5.69 Å². The minimum Gasteiger partial charge on any atom is -0.475 e. The van der Waals surface area contributed by atoms with Crippen molar-refractivity contribution in [1.29, 1.82) is 0 Å². The zero-order valence-corrected chi connectivity index (χ0v) is 7.64. The van der Waals surface area contributed by atoms with E-state index >= 15 is 0 Å². The van der Waals surface area contributed by atoms with Gasteiger partial charge in [0, 0.05) is 14.1 Å². The Morgan fingerprint density at radius 2 is 2.07 bits per heavy atom. The summed E-state index contributed by atoms with van der Waals surface area (Å²) in [5, 5.41) is 11.8. The number of nitrogens with zero attached hydrogens (tertiary/aromatic N) is 2. The molecule has 0 aliphatic heterocycles. The van der Waals surface area contributed by atoms with Crippen molar-refractivity contribution in [3.8, 4) is 0 Å². The number of aromatic nitrogens is 1. The molecule has 0 atom stereocenters. The van der Waals surface area contributed by atoms with E-state index in [0.29, 0.717) is 0 Å². The Kier molecular flexibility index (Phi) is 2.41. The lowest BCUT2D eigenvalue weighted by Gasteiger charge is -2.06. The monoisotopic (exact) mass is 199 g/mol. The molecule has 76 valence electrons. The van der Waals surface area contributed by atoms with Gasteiger partial charge in [0.1, 0.15) is 5.69 Å². The number of amides is 1. The maximum Gasteiger partial charge on any atom is 0.376 e. The fourth-order valence-electron chi connectivity index (χ4n) is 0.817. The number of rotatable bonds is 2. The zero-order chi connectivity index (χ0) is 10.9. The Labute approximate surface area is 79.1 Å². The lowest BCUT2D eigenvalue weighted by molar-refractivity contribution is 0.0651. The van der Waals surface area contributed by atoms with Gasteiger partial charge in [-0.25, -0.2) is 4.79 Å². The number of nitrogen functional groups attached to an aromatic ring is 1. The van der Waals surface area contributed by atoms with Crippen molar-refractivity contribution < 1.29 is 19.2 Å². The molecule has 7 nitrogen and oxygen atoms in total. The molecule has 7 heteroatoms. The van der Waals surface area contributed by atoms with Crippen LogP contribution in [0.5, 0.6) is 0 Å². The summed E-state index contributed by atoms with van der Waals surface area (Å²) >= 11 is 0. The summed E-state index contributed by atoms with van der Waals surface area (Å²) in [5.41, 5.74) is 4.92. The largest absolute Gasteiger partial charge is 0.475 e. The summed E-state index contributed by atoms with van der Waals surface area (Å²) in [6.45, 7) is 0. The summed E-state index contributed by atoms with van der Waals surface area (Å²) in [6, 6.07) is 0. The van der Waals surface area contributed by atoms with Crippen LogP contribution in [0, 0.1) is 0 Å². The van der Waals surface area contributed by atoms with Gasteiger partial charge in [-0.3, -0.25) is 4.79 Å². The number of hydrogen-bond acceptors (Lipinski definition) is 5. The average molecular weight is 199 g/mol. The Hall–Kier alpha value is -2.05. The van der Waals surface area contributed by atoms with Gasteiger partial charge in [-0.15, -0.1) is 0 Å². The molecule has 0 aliphatic rings. The lowest BCUT2D eigenvalue weighted by Crippen LogP contribution is -2.23. The molecule has 0 spiro atoms. The lowest BCUT2D eigenvalue weighted by atomic mass is 10.3. The first-order valence-corrected chi connectivity index (χ1v) is 3.65. The van der Waals surface area contributed by atoms with E-state index in [0.717, 1.165) is 0 Å². The number of carboxylic acids is 1. The first kappa shape index (κ1) is 10.0. The van der Waals surface area contributed by atoms with Crippen LogP contribution in [0.15, 0.2) is 4.52 Å². The van der Waals surface area contributed by atoms with Crippen LogP contribution >= 0.6 is 0 Å². The van der Waals surface area contributed by atoms with Crippen LogP contribution in [-0.2, 0) is 0 Å². The van der Waals surface area contributed by atoms with E-state index in [-0.39, 0.29) is 11.4 Å². The molecule has 0 aliphatic carbocycles. The van der Waals surface area contributed by atoms with Crippen molar-refractivity contribution in [3.63, 3.8) is 0 Å². The highest BCUT2D eigenvalue weighted by Gasteiger charge is 2.24. The first-order valence-electron chi connectivity index (χ1n) is 3.65. The van der Waals surface area contributed by atoms with E-state index in [2.05, 4.69) is 9.68 Å². The minimum atomic E-state index is -1.35. The van der Waals surface area contributed by atoms with Crippen LogP contribution in [0.25, 0.3) is 0 Å². The second kappa shape index (κ2) is 3.36. The highest BCUT2D eigenvalue weighted by molar-refractivity contribution is 6.02. The Morgan fingerprint density at radius 3 is 2.43 bits per heavy atom. The summed E-state index contributed by atoms with van der Waals surface area (Å²) in [4.78, 5) is 23.0. The molecule has 0 bridgehead atoms. The van der Waals surface area contributed by atoms with Crippen LogP contribution < -0.4 is 5.73 Å². The Morgan fingerprint density at radius 1 is 1.50 bits per heavy atom. The molecule has 1 aromatic heterocycles. The molecular weight excluding hydrogens is 190 g/mol. The highest BCUT2D eigenvalue weighted by Crippen LogP contribution is 2.17. The normalized spacial score (nSPS) is 9.86. The predicted octanol–water partition coefficient (Wildman–Crippen LogP) is -0.343. The number of hydrogen-bond donors (Lipinski definition) is 2. The van der Waals surface area contributed by atoms with Gasteiger partial charge in [-0.1, -0.05) is 5.16 Å². The second-order valence-electron chi connectivity index (χ2n) is 2.78. The zero-order valence-electron chi connectivity index (χ0n) is 7.64. The summed E-state index contributed by atoms with van der Waals surface area (Å²) in [6.07, 6.45) is 0. The Bertz CT molecular complexity index is 382. The van der Waals surface area contributed by atoms with Crippen LogP contribution in [-0.4, -0.2) is 41.1 Å². The predicted molar refractivity (Wildman–Crippen MR) is 45.9 cm³/mol. The number of carbonyl (C=O) groups excluding carboxylic acids is 1. The molecule has 14 heavy (non-hydrogen) atoms. The van der Waals surface area contributed by atoms with Crippen LogP contribution in [0.2, 0.25) is 0 Å². The fourth-order valence-corrected chi connectivity index (χ4v) is 0.817. The molecular formula is C7H9N3O4. The number of nitrogens with two attached hydrogens (primary N) is 1. The SMILES string of the molecule is CN(C)C(=O)c1noc(C(=O)O)c1N. The van der Waals surface area contributed by atoms with Crippen molar-refractivity contribution >= 4 is 17.6 Å². The van der Waals surface area contributed by atoms with Crippen molar-refractivity contribution in [2.75, 3.05) is 19.8 Å². The third-order valence-corrected chi connectivity index (χ3v) is 1.53. The minimum absolute atomic E-state index is 0.188. The summed E-state index contributed by atoms with van der Waals surface area (Å²) in [5.74, 6) is -2.37. The molecule has 1 amide bonds. The molecule has 3 N–H and O–H groups in total. The highest BCUT2D eigenvalue weighted by atomic mass is 16.5. The second-order valence-corrected chi connectivity index (χ2v) is 2.78. The molecule has 1 aromatic rings. The van der Waals surface area contributed by atoms with Gasteiger partial charge >= 0.3 is 5.97 Å². The van der Waals surface area contributed by atoms with E-state index in [1.807, 2.05) is 0 Å². The molecule has 0 saturated carbocycles. The number of carboxylic acid groups (broad SMARTS) is 1. The smallest absolute Gasteiger partial charge is 0.376 e. The van der Waals surface area contributed by atoms with Crippen molar-refractivity contribution in [1.82, 2.24) is 10.1 Å². The maximum atomic E-state index is 11.3. The van der Waals surface area contributed by atoms with Crippen molar-refractivity contribution in [2.45, 2.75) is 0 Å². The van der Waals surface area contributed by atoms with Gasteiger partial charge in [0.25, 0.3) is 11.7 Å². The standard InChI is InChI=1S/C7H9N3O4/c1-10(2)6(11)4-3(8)5(7(12)13)14-9-4/h8H2,1-2H3,(H,12,13). The molecule has 0 radical (unpaired) electrons. The van der Waals surface area contributed by atoms with E-state index < -0.39 is 17.6 Å². The average Bonchev–Trinajstić information content (AvgIpc) is 2.45. The van der Waals surface area contributed by atoms with E-state index in [1.165, 1.54) is 19.0 Å². The fraction of sp³-hybridized carbons (Fsp3) is 0.286. The third-order valence-electron chi connectivity index (χ3n) is 1.53. The molecule has 0 aromatic carbocycles. The topological polar surface area (TPSA) is 110 Å².